The maximum Gasteiger partial charge on any atom is 0.164 e. The molecule has 0 N–H and O–H groups in total. The third-order valence-electron chi connectivity index (χ3n) is 14.7. The molecule has 0 radical (unpaired) electrons. The highest BCUT2D eigenvalue weighted by Crippen LogP contribution is 2.49. The summed E-state index contributed by atoms with van der Waals surface area (Å²) in [7, 11) is 0. The first-order chi connectivity index (χ1) is 36.6. The van der Waals surface area contributed by atoms with E-state index >= 15 is 0 Å². The SMILES string of the molecule is N#Cc1cc(-c2ccc(-c3cc4ccccc4c4ccccc34)cc2)cc(-c2cccc(-c3cccc(-c4nc(-c5ccccc5)nc(-c5ccc(-c6ccc7c8c(cccc68)-c6ccccc6-7)cc5)n4)c3)c2)c1. The molecule has 12 aromatic carbocycles. The minimum Gasteiger partial charge on any atom is -0.208 e. The van der Waals surface area contributed by atoms with E-state index in [1.54, 1.807) is 0 Å². The van der Waals surface area contributed by atoms with E-state index in [2.05, 4.69) is 218 Å². The van der Waals surface area contributed by atoms with E-state index < -0.39 is 0 Å². The van der Waals surface area contributed by atoms with E-state index in [-0.39, 0.29) is 0 Å². The van der Waals surface area contributed by atoms with Gasteiger partial charge < -0.3 is 0 Å². The number of fused-ring (bicyclic) bond motifs is 6. The van der Waals surface area contributed by atoms with E-state index in [0.29, 0.717) is 23.0 Å². The molecule has 0 amide bonds. The van der Waals surface area contributed by atoms with Crippen LogP contribution in [0.15, 0.2) is 255 Å². The van der Waals surface area contributed by atoms with Crippen molar-refractivity contribution in [1.29, 1.82) is 5.26 Å². The van der Waals surface area contributed by atoms with Crippen LogP contribution in [0.2, 0.25) is 0 Å². The first-order valence-corrected chi connectivity index (χ1v) is 25.0. The predicted octanol–water partition coefficient (Wildman–Crippen LogP) is 18.2. The number of hydrogen-bond donors (Lipinski definition) is 0. The second kappa shape index (κ2) is 17.6. The smallest absolute Gasteiger partial charge is 0.164 e. The van der Waals surface area contributed by atoms with Gasteiger partial charge in [-0.15, -0.1) is 0 Å². The van der Waals surface area contributed by atoms with Crippen LogP contribution >= 0.6 is 0 Å². The maximum atomic E-state index is 10.3. The second-order valence-electron chi connectivity index (χ2n) is 19.0. The van der Waals surface area contributed by atoms with E-state index in [1.807, 2.05) is 42.5 Å². The molecule has 4 nitrogen and oxygen atoms in total. The Labute approximate surface area is 428 Å². The van der Waals surface area contributed by atoms with Crippen LogP contribution < -0.4 is 0 Å². The Kier molecular flexibility index (Phi) is 10.2. The molecule has 4 heteroatoms. The molecule has 1 aliphatic carbocycles. The Hall–Kier alpha value is -10.1. The summed E-state index contributed by atoms with van der Waals surface area (Å²) in [4.78, 5) is 15.3. The van der Waals surface area contributed by atoms with Gasteiger partial charge in [0.15, 0.2) is 17.5 Å². The normalized spacial score (nSPS) is 11.5. The van der Waals surface area contributed by atoms with E-state index in [1.165, 1.54) is 65.7 Å². The van der Waals surface area contributed by atoms with Crippen LogP contribution in [-0.2, 0) is 0 Å². The molecular weight excluding hydrogens is 897 g/mol. The molecule has 342 valence electrons. The number of aromatic nitrogens is 3. The summed E-state index contributed by atoms with van der Waals surface area (Å²) in [5.74, 6) is 1.81. The molecule has 0 saturated heterocycles. The molecule has 0 unspecified atom stereocenters. The Balaban J connectivity index is 0.784. The van der Waals surface area contributed by atoms with Crippen LogP contribution in [0.4, 0.5) is 0 Å². The van der Waals surface area contributed by atoms with Gasteiger partial charge in [-0.25, -0.2) is 15.0 Å². The standard InChI is InChI=1S/C70H42N4/c71-43-44-37-55(45-27-29-47(30-28-45)66-42-53-15-4-5-20-57(53)59-21-6-9-24-62(59)66)41-56(38-44)52-18-10-16-50(39-52)51-17-11-19-54(40-51)70-73-68(48-13-2-1-3-14-48)72-69(74-70)49-33-31-46(32-34-49)58-35-36-65-61-23-8-7-22-60(61)64-26-12-25-63(58)67(64)65/h1-42H. The topological polar surface area (TPSA) is 62.5 Å². The van der Waals surface area contributed by atoms with E-state index in [0.717, 1.165) is 61.2 Å². The fourth-order valence-electron chi connectivity index (χ4n) is 11.1. The second-order valence-corrected chi connectivity index (χ2v) is 19.0. The van der Waals surface area contributed by atoms with Crippen molar-refractivity contribution >= 4 is 32.3 Å². The highest BCUT2D eigenvalue weighted by Gasteiger charge is 2.23. The van der Waals surface area contributed by atoms with Gasteiger partial charge in [-0.1, -0.05) is 218 Å². The Bertz CT molecular complexity index is 4390. The van der Waals surface area contributed by atoms with Gasteiger partial charge >= 0.3 is 0 Å². The first kappa shape index (κ1) is 42.8. The lowest BCUT2D eigenvalue weighted by Gasteiger charge is -2.13. The van der Waals surface area contributed by atoms with Gasteiger partial charge in [-0.05, 0) is 147 Å². The molecule has 0 saturated carbocycles. The highest BCUT2D eigenvalue weighted by molar-refractivity contribution is 6.19. The van der Waals surface area contributed by atoms with Crippen molar-refractivity contribution in [2.75, 3.05) is 0 Å². The molecule has 0 atom stereocenters. The largest absolute Gasteiger partial charge is 0.208 e. The summed E-state index contributed by atoms with van der Waals surface area (Å²) < 4.78 is 0. The van der Waals surface area contributed by atoms with Gasteiger partial charge in [0, 0.05) is 16.7 Å². The summed E-state index contributed by atoms with van der Waals surface area (Å²) >= 11 is 0. The summed E-state index contributed by atoms with van der Waals surface area (Å²) in [5.41, 5.74) is 19.3. The van der Waals surface area contributed by atoms with Gasteiger partial charge in [0.25, 0.3) is 0 Å². The van der Waals surface area contributed by atoms with Crippen molar-refractivity contribution < 1.29 is 0 Å². The Morgan fingerprint density at radius 2 is 0.676 bits per heavy atom. The molecule has 0 spiro atoms. The Morgan fingerprint density at radius 1 is 0.243 bits per heavy atom. The molecule has 74 heavy (non-hydrogen) atoms. The zero-order valence-electron chi connectivity index (χ0n) is 40.0. The fraction of sp³-hybridized carbons (Fsp3) is 0. The lowest BCUT2D eigenvalue weighted by atomic mass is 9.91. The number of hydrogen-bond acceptors (Lipinski definition) is 4. The number of nitriles is 1. The van der Waals surface area contributed by atoms with Crippen molar-refractivity contribution in [3.63, 3.8) is 0 Å². The van der Waals surface area contributed by atoms with Crippen LogP contribution in [0.3, 0.4) is 0 Å². The van der Waals surface area contributed by atoms with Gasteiger partial charge in [-0.2, -0.15) is 5.26 Å². The number of nitrogens with zero attached hydrogens (tertiary/aromatic N) is 4. The lowest BCUT2D eigenvalue weighted by molar-refractivity contribution is 1.07. The van der Waals surface area contributed by atoms with E-state index in [4.69, 9.17) is 15.0 Å². The maximum absolute atomic E-state index is 10.3. The minimum atomic E-state index is 0.592. The van der Waals surface area contributed by atoms with Crippen molar-refractivity contribution in [1.82, 2.24) is 15.0 Å². The summed E-state index contributed by atoms with van der Waals surface area (Å²) in [6, 6.07) is 92.3. The van der Waals surface area contributed by atoms with Crippen LogP contribution in [0.5, 0.6) is 0 Å². The van der Waals surface area contributed by atoms with Crippen molar-refractivity contribution in [2.45, 2.75) is 0 Å². The molecule has 13 aromatic rings. The average molecular weight is 939 g/mol. The molecule has 1 heterocycles. The average Bonchev–Trinajstić information content (AvgIpc) is 3.84. The van der Waals surface area contributed by atoms with Crippen LogP contribution in [0.25, 0.3) is 144 Å². The van der Waals surface area contributed by atoms with Crippen molar-refractivity contribution in [2.24, 2.45) is 0 Å². The Morgan fingerprint density at radius 3 is 1.38 bits per heavy atom. The highest BCUT2D eigenvalue weighted by atomic mass is 15.0. The van der Waals surface area contributed by atoms with Gasteiger partial charge in [0.05, 0.1) is 11.6 Å². The molecule has 0 fully saturated rings. The van der Waals surface area contributed by atoms with Gasteiger partial charge in [0.2, 0.25) is 0 Å². The fourth-order valence-corrected chi connectivity index (χ4v) is 11.1. The van der Waals surface area contributed by atoms with Gasteiger partial charge in [-0.3, -0.25) is 0 Å². The molecule has 0 aliphatic heterocycles. The predicted molar refractivity (Wildman–Crippen MR) is 305 cm³/mol. The number of benzene rings is 12. The van der Waals surface area contributed by atoms with E-state index in [9.17, 15) is 5.26 Å². The van der Waals surface area contributed by atoms with Crippen molar-refractivity contribution in [3.8, 4) is 118 Å². The quantitative estimate of drug-likeness (QED) is 0.142. The molecule has 1 aromatic heterocycles. The summed E-state index contributed by atoms with van der Waals surface area (Å²) in [6.07, 6.45) is 0. The lowest BCUT2D eigenvalue weighted by Crippen LogP contribution is -2.00. The van der Waals surface area contributed by atoms with Crippen molar-refractivity contribution in [3.05, 3.63) is 260 Å². The summed E-state index contributed by atoms with van der Waals surface area (Å²) in [5, 5.41) is 17.8. The molecule has 14 rings (SSSR count). The minimum absolute atomic E-state index is 0.592. The van der Waals surface area contributed by atoms with Gasteiger partial charge in [0.1, 0.15) is 0 Å². The number of rotatable bonds is 8. The molecule has 0 bridgehead atoms. The molecular formula is C70H42N4. The first-order valence-electron chi connectivity index (χ1n) is 25.0. The zero-order valence-corrected chi connectivity index (χ0v) is 40.0. The summed E-state index contributed by atoms with van der Waals surface area (Å²) in [6.45, 7) is 0. The zero-order chi connectivity index (χ0) is 49.1. The third-order valence-corrected chi connectivity index (χ3v) is 14.7. The third kappa shape index (κ3) is 7.43. The molecule has 1 aliphatic rings. The monoisotopic (exact) mass is 938 g/mol. The van der Waals surface area contributed by atoms with Crippen LogP contribution in [0.1, 0.15) is 5.56 Å². The van der Waals surface area contributed by atoms with Crippen LogP contribution in [-0.4, -0.2) is 15.0 Å². The van der Waals surface area contributed by atoms with Crippen LogP contribution in [0, 0.1) is 11.3 Å².